The highest BCUT2D eigenvalue weighted by Crippen LogP contribution is 2.30. The fraction of sp³-hybridized carbons (Fsp3) is 0.609. The molecule has 31 heavy (non-hydrogen) atoms. The third-order valence-corrected chi connectivity index (χ3v) is 5.95. The summed E-state index contributed by atoms with van der Waals surface area (Å²) in [4.78, 5) is 30.7. The van der Waals surface area contributed by atoms with Crippen LogP contribution in [0, 0.1) is 4.77 Å². The quantitative estimate of drug-likeness (QED) is 0.455. The van der Waals surface area contributed by atoms with Crippen LogP contribution in [0.4, 0.5) is 0 Å². The summed E-state index contributed by atoms with van der Waals surface area (Å²) in [6.45, 7) is 7.00. The summed E-state index contributed by atoms with van der Waals surface area (Å²) in [7, 11) is 0. The molecule has 1 amide bonds. The van der Waals surface area contributed by atoms with E-state index in [-0.39, 0.29) is 11.5 Å². The molecule has 7 nitrogen and oxygen atoms in total. The van der Waals surface area contributed by atoms with Gasteiger partial charge in [0.25, 0.3) is 5.56 Å². The summed E-state index contributed by atoms with van der Waals surface area (Å²) in [6, 6.07) is 3.49. The normalized spacial score (nSPS) is 14.5. The highest BCUT2D eigenvalue weighted by atomic mass is 32.1. The molecule has 0 aliphatic carbocycles. The van der Waals surface area contributed by atoms with Crippen LogP contribution in [-0.2, 0) is 11.3 Å². The number of amides is 1. The molecule has 170 valence electrons. The van der Waals surface area contributed by atoms with Crippen molar-refractivity contribution in [3.05, 3.63) is 27.3 Å². The molecule has 1 saturated heterocycles. The number of nitrogens with one attached hydrogen (secondary N) is 1. The van der Waals surface area contributed by atoms with Gasteiger partial charge in [0, 0.05) is 32.1 Å². The molecule has 2 aromatic rings. The van der Waals surface area contributed by atoms with E-state index in [0.29, 0.717) is 53.4 Å². The van der Waals surface area contributed by atoms with Crippen molar-refractivity contribution >= 4 is 29.0 Å². The van der Waals surface area contributed by atoms with E-state index in [2.05, 4.69) is 4.98 Å². The van der Waals surface area contributed by atoms with Crippen LogP contribution in [0.2, 0.25) is 0 Å². The zero-order chi connectivity index (χ0) is 22.2. The summed E-state index contributed by atoms with van der Waals surface area (Å²) >= 11 is 5.44. The molecule has 0 atom stereocenters. The van der Waals surface area contributed by atoms with Gasteiger partial charge in [-0.05, 0) is 57.8 Å². The first-order valence-corrected chi connectivity index (χ1v) is 11.8. The van der Waals surface area contributed by atoms with Gasteiger partial charge in [-0.3, -0.25) is 14.2 Å². The van der Waals surface area contributed by atoms with Gasteiger partial charge in [0.05, 0.1) is 24.1 Å². The Morgan fingerprint density at radius 3 is 2.32 bits per heavy atom. The number of hydrogen-bond donors (Lipinski definition) is 1. The first-order valence-electron chi connectivity index (χ1n) is 11.4. The summed E-state index contributed by atoms with van der Waals surface area (Å²) < 4.78 is 13.3. The number of benzene rings is 1. The van der Waals surface area contributed by atoms with E-state index in [0.717, 1.165) is 38.8 Å². The summed E-state index contributed by atoms with van der Waals surface area (Å²) in [5.74, 6) is 1.36. The van der Waals surface area contributed by atoms with E-state index in [4.69, 9.17) is 21.7 Å². The smallest absolute Gasteiger partial charge is 0.262 e. The van der Waals surface area contributed by atoms with E-state index in [1.54, 1.807) is 16.7 Å². The molecule has 1 aliphatic rings. The third-order valence-electron chi connectivity index (χ3n) is 5.63. The highest BCUT2D eigenvalue weighted by Gasteiger charge is 2.16. The van der Waals surface area contributed by atoms with Crippen LogP contribution in [0.1, 0.15) is 58.8 Å². The fourth-order valence-corrected chi connectivity index (χ4v) is 4.31. The van der Waals surface area contributed by atoms with Crippen molar-refractivity contribution in [2.45, 2.75) is 65.3 Å². The lowest BCUT2D eigenvalue weighted by Crippen LogP contribution is -2.31. The van der Waals surface area contributed by atoms with Gasteiger partial charge in [-0.1, -0.05) is 12.8 Å². The summed E-state index contributed by atoms with van der Waals surface area (Å²) in [6.07, 6.45) is 6.60. The second-order valence-corrected chi connectivity index (χ2v) is 8.24. The number of aromatic amines is 1. The minimum atomic E-state index is -0.151. The minimum Gasteiger partial charge on any atom is -0.490 e. The molecule has 0 saturated carbocycles. The molecule has 1 aromatic heterocycles. The maximum absolute atomic E-state index is 13.1. The second-order valence-electron chi connectivity index (χ2n) is 7.85. The molecule has 3 rings (SSSR count). The Hall–Kier alpha value is -2.35. The number of carbonyl (C=O) groups excluding carboxylic acids is 1. The monoisotopic (exact) mass is 447 g/mol. The van der Waals surface area contributed by atoms with E-state index in [9.17, 15) is 9.59 Å². The van der Waals surface area contributed by atoms with Gasteiger partial charge < -0.3 is 19.4 Å². The molecular weight excluding hydrogens is 414 g/mol. The first kappa shape index (κ1) is 23.3. The zero-order valence-corrected chi connectivity index (χ0v) is 19.4. The fourth-order valence-electron chi connectivity index (χ4n) is 4.02. The predicted octanol–water partition coefficient (Wildman–Crippen LogP) is 4.43. The van der Waals surface area contributed by atoms with Crippen molar-refractivity contribution in [1.29, 1.82) is 0 Å². The first-order chi connectivity index (χ1) is 15.0. The Morgan fingerprint density at radius 2 is 1.68 bits per heavy atom. The molecule has 1 fully saturated rings. The van der Waals surface area contributed by atoms with Crippen LogP contribution >= 0.6 is 12.2 Å². The number of hydrogen-bond acceptors (Lipinski definition) is 5. The van der Waals surface area contributed by atoms with Crippen molar-refractivity contribution in [3.8, 4) is 11.5 Å². The third kappa shape index (κ3) is 5.87. The number of unbranched alkanes of at least 4 members (excludes halogenated alkanes) is 1. The Morgan fingerprint density at radius 1 is 1.03 bits per heavy atom. The minimum absolute atomic E-state index is 0.151. The van der Waals surface area contributed by atoms with Crippen molar-refractivity contribution in [1.82, 2.24) is 14.5 Å². The maximum Gasteiger partial charge on any atom is 0.262 e. The van der Waals surface area contributed by atoms with Gasteiger partial charge in [0.15, 0.2) is 16.3 Å². The number of ether oxygens (including phenoxy) is 2. The van der Waals surface area contributed by atoms with E-state index < -0.39 is 0 Å². The SMILES string of the molecule is CCOc1cc2[nH]c(=S)n(CCCCC(=O)N3CCCCCC3)c(=O)c2cc1OCC. The maximum atomic E-state index is 13.1. The Labute approximate surface area is 188 Å². The summed E-state index contributed by atoms with van der Waals surface area (Å²) in [5, 5.41) is 0.515. The largest absolute Gasteiger partial charge is 0.490 e. The van der Waals surface area contributed by atoms with Gasteiger partial charge in [-0.25, -0.2) is 0 Å². The van der Waals surface area contributed by atoms with Crippen LogP contribution in [0.25, 0.3) is 10.9 Å². The highest BCUT2D eigenvalue weighted by molar-refractivity contribution is 7.71. The van der Waals surface area contributed by atoms with Crippen LogP contribution in [-0.4, -0.2) is 46.7 Å². The van der Waals surface area contributed by atoms with Crippen LogP contribution in [0.15, 0.2) is 16.9 Å². The van der Waals surface area contributed by atoms with Crippen LogP contribution < -0.4 is 15.0 Å². The van der Waals surface area contributed by atoms with Crippen LogP contribution in [0.5, 0.6) is 11.5 Å². The van der Waals surface area contributed by atoms with Crippen molar-refractivity contribution in [2.24, 2.45) is 0 Å². The van der Waals surface area contributed by atoms with E-state index >= 15 is 0 Å². The van der Waals surface area contributed by atoms with Crippen molar-refractivity contribution < 1.29 is 14.3 Å². The molecule has 0 radical (unpaired) electrons. The molecule has 0 bridgehead atoms. The number of carbonyl (C=O) groups is 1. The molecule has 1 aliphatic heterocycles. The molecule has 1 N–H and O–H groups in total. The molecule has 1 aromatic carbocycles. The van der Waals surface area contributed by atoms with Crippen molar-refractivity contribution in [3.63, 3.8) is 0 Å². The Balaban J connectivity index is 1.70. The lowest BCUT2D eigenvalue weighted by molar-refractivity contribution is -0.131. The van der Waals surface area contributed by atoms with E-state index in [1.807, 2.05) is 18.7 Å². The molecular formula is C23H33N3O4S. The number of likely N-dealkylation sites (tertiary alicyclic amines) is 1. The van der Waals surface area contributed by atoms with Gasteiger partial charge >= 0.3 is 0 Å². The van der Waals surface area contributed by atoms with Crippen molar-refractivity contribution in [2.75, 3.05) is 26.3 Å². The zero-order valence-electron chi connectivity index (χ0n) is 18.6. The molecule has 2 heterocycles. The number of rotatable bonds is 9. The summed E-state index contributed by atoms with van der Waals surface area (Å²) in [5.41, 5.74) is 0.482. The number of aromatic nitrogens is 2. The topological polar surface area (TPSA) is 76.6 Å². The standard InChI is InChI=1S/C23H33N3O4S/c1-3-29-19-15-17-18(16-20(19)30-4-2)24-23(31)26(22(17)28)14-10-7-11-21(27)25-12-8-5-6-9-13-25/h15-16H,3-14H2,1-2H3,(H,24,31). The Kier molecular flexibility index (Phi) is 8.51. The average molecular weight is 448 g/mol. The van der Waals surface area contributed by atoms with Gasteiger partial charge in [0.2, 0.25) is 5.91 Å². The van der Waals surface area contributed by atoms with Crippen LogP contribution in [0.3, 0.4) is 0 Å². The van der Waals surface area contributed by atoms with E-state index in [1.165, 1.54) is 12.8 Å². The lowest BCUT2D eigenvalue weighted by Gasteiger charge is -2.20. The second kappa shape index (κ2) is 11.3. The van der Waals surface area contributed by atoms with Gasteiger partial charge in [-0.15, -0.1) is 0 Å². The number of nitrogens with zero attached hydrogens (tertiary/aromatic N) is 2. The number of fused-ring (bicyclic) bond motifs is 1. The molecule has 0 unspecified atom stereocenters. The predicted molar refractivity (Wildman–Crippen MR) is 125 cm³/mol. The molecule has 0 spiro atoms. The Bertz CT molecular complexity index is 1010. The molecule has 8 heteroatoms. The number of H-pyrrole nitrogens is 1. The van der Waals surface area contributed by atoms with Gasteiger partial charge in [-0.2, -0.15) is 0 Å². The lowest BCUT2D eigenvalue weighted by atomic mass is 10.2. The van der Waals surface area contributed by atoms with Gasteiger partial charge in [0.1, 0.15) is 0 Å². The average Bonchev–Trinajstić information content (AvgIpc) is 3.04.